The Labute approximate surface area is 196 Å². The molecule has 0 aliphatic heterocycles. The molecule has 0 atom stereocenters. The SMILES string of the molecule is COc1cc(/C=N/Nc2nc3ccccc3s2)cc(OC)c1OCCOc1cccc(C)c1. The van der Waals surface area contributed by atoms with Gasteiger partial charge in [-0.15, -0.1) is 0 Å². The largest absolute Gasteiger partial charge is 0.493 e. The lowest BCUT2D eigenvalue weighted by Crippen LogP contribution is -2.10. The first-order valence-electron chi connectivity index (χ1n) is 10.4. The highest BCUT2D eigenvalue weighted by Crippen LogP contribution is 2.38. The number of anilines is 1. The molecular weight excluding hydrogens is 438 g/mol. The van der Waals surface area contributed by atoms with Crippen LogP contribution in [0.15, 0.2) is 65.8 Å². The number of benzene rings is 3. The number of methoxy groups -OCH3 is 2. The third kappa shape index (κ3) is 5.72. The van der Waals surface area contributed by atoms with Gasteiger partial charge in [0.25, 0.3) is 0 Å². The summed E-state index contributed by atoms with van der Waals surface area (Å²) >= 11 is 1.54. The van der Waals surface area contributed by atoms with Gasteiger partial charge in [-0.2, -0.15) is 5.10 Å². The number of aryl methyl sites for hydroxylation is 1. The second-order valence-corrected chi connectivity index (χ2v) is 8.16. The smallest absolute Gasteiger partial charge is 0.204 e. The van der Waals surface area contributed by atoms with Crippen LogP contribution in [-0.2, 0) is 0 Å². The summed E-state index contributed by atoms with van der Waals surface area (Å²) in [5.41, 5.74) is 5.86. The fraction of sp³-hybridized carbons (Fsp3) is 0.200. The second-order valence-electron chi connectivity index (χ2n) is 7.12. The van der Waals surface area contributed by atoms with Crippen LogP contribution in [0.4, 0.5) is 5.13 Å². The Morgan fingerprint density at radius 2 is 1.70 bits per heavy atom. The van der Waals surface area contributed by atoms with Crippen molar-refractivity contribution in [1.29, 1.82) is 0 Å². The molecule has 0 radical (unpaired) electrons. The third-order valence-corrected chi connectivity index (χ3v) is 5.68. The van der Waals surface area contributed by atoms with Crippen LogP contribution in [-0.4, -0.2) is 38.6 Å². The highest BCUT2D eigenvalue weighted by Gasteiger charge is 2.14. The number of hydrazone groups is 1. The van der Waals surface area contributed by atoms with Crippen molar-refractivity contribution < 1.29 is 18.9 Å². The minimum atomic E-state index is 0.341. The van der Waals surface area contributed by atoms with E-state index in [0.29, 0.717) is 30.5 Å². The molecule has 4 aromatic rings. The summed E-state index contributed by atoms with van der Waals surface area (Å²) < 4.78 is 23.8. The van der Waals surface area contributed by atoms with Gasteiger partial charge in [0.15, 0.2) is 11.5 Å². The number of nitrogens with zero attached hydrogens (tertiary/aromatic N) is 2. The zero-order chi connectivity index (χ0) is 23.0. The molecule has 1 heterocycles. The van der Waals surface area contributed by atoms with Crippen molar-refractivity contribution in [2.24, 2.45) is 5.10 Å². The van der Waals surface area contributed by atoms with Gasteiger partial charge < -0.3 is 18.9 Å². The van der Waals surface area contributed by atoms with E-state index >= 15 is 0 Å². The van der Waals surface area contributed by atoms with E-state index in [0.717, 1.165) is 32.2 Å². The maximum Gasteiger partial charge on any atom is 0.204 e. The molecule has 0 saturated carbocycles. The van der Waals surface area contributed by atoms with Crippen LogP contribution in [0.5, 0.6) is 23.0 Å². The molecule has 0 spiro atoms. The molecule has 3 aromatic carbocycles. The van der Waals surface area contributed by atoms with E-state index in [1.165, 1.54) is 0 Å². The highest BCUT2D eigenvalue weighted by atomic mass is 32.1. The average Bonchev–Trinajstić information content (AvgIpc) is 3.24. The molecule has 4 rings (SSSR count). The van der Waals surface area contributed by atoms with Crippen molar-refractivity contribution in [3.63, 3.8) is 0 Å². The number of fused-ring (bicyclic) bond motifs is 1. The zero-order valence-electron chi connectivity index (χ0n) is 18.7. The zero-order valence-corrected chi connectivity index (χ0v) is 19.5. The number of nitrogens with one attached hydrogen (secondary N) is 1. The van der Waals surface area contributed by atoms with Gasteiger partial charge in [0.2, 0.25) is 10.9 Å². The van der Waals surface area contributed by atoms with Crippen LogP contribution in [0.3, 0.4) is 0 Å². The lowest BCUT2D eigenvalue weighted by molar-refractivity contribution is 0.205. The normalized spacial score (nSPS) is 11.0. The van der Waals surface area contributed by atoms with E-state index in [2.05, 4.69) is 15.5 Å². The molecule has 0 saturated heterocycles. The Hall–Kier alpha value is -3.78. The van der Waals surface area contributed by atoms with Gasteiger partial charge in [0, 0.05) is 5.56 Å². The fourth-order valence-electron chi connectivity index (χ4n) is 3.21. The molecule has 0 bridgehead atoms. The van der Waals surface area contributed by atoms with Gasteiger partial charge in [-0.1, -0.05) is 35.6 Å². The van der Waals surface area contributed by atoms with Gasteiger partial charge in [-0.25, -0.2) is 4.98 Å². The minimum absolute atomic E-state index is 0.341. The summed E-state index contributed by atoms with van der Waals surface area (Å²) in [6, 6.07) is 19.5. The standard InChI is InChI=1S/C25H25N3O4S/c1-17-7-6-8-19(13-17)31-11-12-32-24-21(29-2)14-18(15-22(24)30-3)16-26-28-25-27-20-9-4-5-10-23(20)33-25/h4-10,13-16H,11-12H2,1-3H3,(H,27,28)/b26-16+. The van der Waals surface area contributed by atoms with E-state index in [1.807, 2.05) is 67.6 Å². The molecular formula is C25H25N3O4S. The predicted molar refractivity (Wildman–Crippen MR) is 133 cm³/mol. The Kier molecular flexibility index (Phi) is 7.26. The van der Waals surface area contributed by atoms with Crippen LogP contribution in [0.25, 0.3) is 10.2 Å². The van der Waals surface area contributed by atoms with E-state index in [9.17, 15) is 0 Å². The topological polar surface area (TPSA) is 74.2 Å². The van der Waals surface area contributed by atoms with Crippen LogP contribution < -0.4 is 24.4 Å². The number of ether oxygens (including phenoxy) is 4. The van der Waals surface area contributed by atoms with Crippen molar-refractivity contribution in [1.82, 2.24) is 4.98 Å². The lowest BCUT2D eigenvalue weighted by Gasteiger charge is -2.15. The molecule has 170 valence electrons. The summed E-state index contributed by atoms with van der Waals surface area (Å²) in [6.07, 6.45) is 1.68. The van der Waals surface area contributed by atoms with Gasteiger partial charge in [0.1, 0.15) is 19.0 Å². The summed E-state index contributed by atoms with van der Waals surface area (Å²) in [6.45, 7) is 2.76. The van der Waals surface area contributed by atoms with Gasteiger partial charge in [-0.05, 0) is 48.9 Å². The number of para-hydroxylation sites is 1. The van der Waals surface area contributed by atoms with E-state index in [1.54, 1.807) is 31.8 Å². The third-order valence-electron chi connectivity index (χ3n) is 4.74. The summed E-state index contributed by atoms with van der Waals surface area (Å²) in [5.74, 6) is 2.42. The first-order valence-corrected chi connectivity index (χ1v) is 11.2. The van der Waals surface area contributed by atoms with Crippen LogP contribution in [0, 0.1) is 6.92 Å². The van der Waals surface area contributed by atoms with E-state index in [-0.39, 0.29) is 0 Å². The Morgan fingerprint density at radius 3 is 2.42 bits per heavy atom. The van der Waals surface area contributed by atoms with E-state index < -0.39 is 0 Å². The highest BCUT2D eigenvalue weighted by molar-refractivity contribution is 7.22. The summed E-state index contributed by atoms with van der Waals surface area (Å²) in [7, 11) is 3.18. The molecule has 7 nitrogen and oxygen atoms in total. The van der Waals surface area contributed by atoms with Gasteiger partial charge in [0.05, 0.1) is 30.7 Å². The number of hydrogen-bond donors (Lipinski definition) is 1. The molecule has 0 aliphatic carbocycles. The minimum Gasteiger partial charge on any atom is -0.493 e. The van der Waals surface area contributed by atoms with Crippen molar-refractivity contribution in [2.75, 3.05) is 32.9 Å². The predicted octanol–water partition coefficient (Wildman–Crippen LogP) is 5.53. The Bertz CT molecular complexity index is 1200. The monoisotopic (exact) mass is 463 g/mol. The molecule has 0 fully saturated rings. The molecule has 1 aromatic heterocycles. The number of aromatic nitrogens is 1. The Morgan fingerprint density at radius 1 is 0.939 bits per heavy atom. The van der Waals surface area contributed by atoms with E-state index in [4.69, 9.17) is 18.9 Å². The first-order chi connectivity index (χ1) is 16.2. The number of thiazole rings is 1. The summed E-state index contributed by atoms with van der Waals surface area (Å²) in [4.78, 5) is 4.51. The number of rotatable bonds is 10. The van der Waals surface area contributed by atoms with Crippen LogP contribution >= 0.6 is 11.3 Å². The van der Waals surface area contributed by atoms with Crippen LogP contribution in [0.1, 0.15) is 11.1 Å². The number of hydrogen-bond acceptors (Lipinski definition) is 8. The molecule has 1 N–H and O–H groups in total. The van der Waals surface area contributed by atoms with Crippen molar-refractivity contribution in [2.45, 2.75) is 6.92 Å². The molecule has 8 heteroatoms. The first kappa shape index (κ1) is 22.4. The molecule has 0 amide bonds. The quantitative estimate of drug-likeness (QED) is 0.189. The molecule has 33 heavy (non-hydrogen) atoms. The fourth-order valence-corrected chi connectivity index (χ4v) is 4.02. The van der Waals surface area contributed by atoms with Gasteiger partial charge in [-0.3, -0.25) is 5.43 Å². The molecule has 0 aliphatic rings. The average molecular weight is 464 g/mol. The van der Waals surface area contributed by atoms with Gasteiger partial charge >= 0.3 is 0 Å². The van der Waals surface area contributed by atoms with Crippen molar-refractivity contribution in [3.8, 4) is 23.0 Å². The lowest BCUT2D eigenvalue weighted by atomic mass is 10.2. The van der Waals surface area contributed by atoms with Crippen LogP contribution in [0.2, 0.25) is 0 Å². The Balaban J connectivity index is 1.40. The van der Waals surface area contributed by atoms with Crippen molar-refractivity contribution >= 4 is 32.9 Å². The summed E-state index contributed by atoms with van der Waals surface area (Å²) in [5, 5.41) is 5.03. The maximum absolute atomic E-state index is 5.92. The molecule has 0 unspecified atom stereocenters. The second kappa shape index (κ2) is 10.7. The maximum atomic E-state index is 5.92. The van der Waals surface area contributed by atoms with Crippen molar-refractivity contribution in [3.05, 3.63) is 71.8 Å².